The molecule has 0 aliphatic carbocycles. The molecule has 7 heterocycles. The summed E-state index contributed by atoms with van der Waals surface area (Å²) < 4.78 is 8.72. The zero-order chi connectivity index (χ0) is 46.7. The molecular formula is C50H50N12O6. The lowest BCUT2D eigenvalue weighted by Gasteiger charge is -2.49. The third kappa shape index (κ3) is 9.62. The molecule has 3 aromatic heterocycles. The number of likely N-dealkylation sites (tertiary alicyclic amines) is 2. The number of fused-ring (bicyclic) bond motifs is 1. The van der Waals surface area contributed by atoms with Gasteiger partial charge in [-0.25, -0.2) is 19.3 Å². The number of piperidine rings is 2. The summed E-state index contributed by atoms with van der Waals surface area (Å²) in [5.41, 5.74) is 3.99. The number of hydrogen-bond acceptors (Lipinski definition) is 14. The monoisotopic (exact) mass is 914 g/mol. The number of carbonyl (C=O) groups excluding carboxylic acids is 3. The summed E-state index contributed by atoms with van der Waals surface area (Å²) in [6.45, 7) is 7.80. The fourth-order valence-corrected chi connectivity index (χ4v) is 9.52. The summed E-state index contributed by atoms with van der Waals surface area (Å²) in [5, 5.41) is 21.7. The first-order valence-corrected chi connectivity index (χ1v) is 23.1. The highest BCUT2D eigenvalue weighted by atomic mass is 16.5. The molecule has 4 fully saturated rings. The van der Waals surface area contributed by atoms with Gasteiger partial charge in [-0.15, -0.1) is 0 Å². The van der Waals surface area contributed by atoms with Crippen LogP contribution in [0.4, 0.5) is 5.69 Å². The fraction of sp³-hybridized carbons (Fsp3) is 0.360. The lowest BCUT2D eigenvalue weighted by molar-refractivity contribution is -0.140. The van der Waals surface area contributed by atoms with Crippen LogP contribution < -0.4 is 26.1 Å². The number of rotatable bonds is 12. The van der Waals surface area contributed by atoms with Gasteiger partial charge in [0.15, 0.2) is 11.6 Å². The average Bonchev–Trinajstić information content (AvgIpc) is 3.35. The number of aromatic nitrogens is 6. The van der Waals surface area contributed by atoms with E-state index in [2.05, 4.69) is 46.3 Å². The van der Waals surface area contributed by atoms with Crippen LogP contribution >= 0.6 is 0 Å². The van der Waals surface area contributed by atoms with Crippen molar-refractivity contribution < 1.29 is 19.1 Å². The van der Waals surface area contributed by atoms with Crippen molar-refractivity contribution in [1.82, 2.24) is 49.5 Å². The number of anilines is 1. The van der Waals surface area contributed by atoms with Crippen molar-refractivity contribution in [3.05, 3.63) is 129 Å². The Morgan fingerprint density at radius 1 is 0.824 bits per heavy atom. The third-order valence-electron chi connectivity index (χ3n) is 13.6. The van der Waals surface area contributed by atoms with Crippen LogP contribution in [-0.2, 0) is 20.9 Å². The summed E-state index contributed by atoms with van der Waals surface area (Å²) in [5.74, 6) is 0.839. The molecule has 3 amide bonds. The van der Waals surface area contributed by atoms with Gasteiger partial charge in [0.25, 0.3) is 17.0 Å². The summed E-state index contributed by atoms with van der Waals surface area (Å²) in [6, 6.07) is 25.4. The van der Waals surface area contributed by atoms with Crippen LogP contribution in [0.5, 0.6) is 5.75 Å². The second-order valence-electron chi connectivity index (χ2n) is 18.0. The summed E-state index contributed by atoms with van der Waals surface area (Å²) >= 11 is 0. The number of nitrogens with one attached hydrogen (secondary N) is 1. The first-order chi connectivity index (χ1) is 33.1. The normalized spacial score (nSPS) is 18.5. The minimum Gasteiger partial charge on any atom is -0.490 e. The molecule has 346 valence electrons. The van der Waals surface area contributed by atoms with E-state index in [1.807, 2.05) is 47.4 Å². The Morgan fingerprint density at radius 2 is 1.60 bits per heavy atom. The number of hydrogen-bond donors (Lipinski definition) is 1. The largest absolute Gasteiger partial charge is 0.490 e. The highest BCUT2D eigenvalue weighted by molar-refractivity contribution is 5.99. The minimum absolute atomic E-state index is 0.172. The van der Waals surface area contributed by atoms with Gasteiger partial charge >= 0.3 is 0 Å². The maximum Gasteiger partial charge on any atom is 0.275 e. The van der Waals surface area contributed by atoms with E-state index in [1.54, 1.807) is 48.9 Å². The van der Waals surface area contributed by atoms with Gasteiger partial charge in [0.05, 0.1) is 61.0 Å². The minimum atomic E-state index is -0.798. The van der Waals surface area contributed by atoms with E-state index in [-0.39, 0.29) is 42.3 Å². The predicted octanol–water partition coefficient (Wildman–Crippen LogP) is 3.10. The summed E-state index contributed by atoms with van der Waals surface area (Å²) in [4.78, 5) is 81.4. The Hall–Kier alpha value is -7.62. The number of amides is 3. The summed E-state index contributed by atoms with van der Waals surface area (Å²) in [6.07, 6.45) is 7.28. The number of carbonyl (C=O) groups is 3. The highest BCUT2D eigenvalue weighted by Gasteiger charge is 2.37. The molecule has 0 saturated carbocycles. The van der Waals surface area contributed by atoms with E-state index in [9.17, 15) is 29.2 Å². The first-order valence-electron chi connectivity index (χ1n) is 23.1. The topological polar surface area (TPSA) is 205 Å². The number of ether oxygens (including phenoxy) is 1. The van der Waals surface area contributed by atoms with Crippen LogP contribution in [-0.4, -0.2) is 134 Å². The Bertz CT molecular complexity index is 3040. The van der Waals surface area contributed by atoms with Crippen molar-refractivity contribution in [2.45, 2.75) is 44.3 Å². The van der Waals surface area contributed by atoms with Crippen LogP contribution in [0, 0.1) is 17.2 Å². The molecule has 1 N–H and O–H groups in total. The van der Waals surface area contributed by atoms with Crippen molar-refractivity contribution in [2.24, 2.45) is 5.92 Å². The fourth-order valence-electron chi connectivity index (χ4n) is 9.52. The SMILES string of the molecule is N#Cc1cccc(-c2ccc(=O)n(Cc3cccc(-c4ncc(OCC5CCN(CC(=O)N6CC(N7CCN(c8ccc9c(=O)n(C%10CCC(=O)NC%10=O)ncc9c8)CC7)C6)CC5)cn4)c3)n2)c1. The first kappa shape index (κ1) is 44.2. The van der Waals surface area contributed by atoms with Crippen LogP contribution in [0.2, 0.25) is 0 Å². The number of imide groups is 1. The van der Waals surface area contributed by atoms with Gasteiger partial charge in [0, 0.05) is 80.0 Å². The smallest absolute Gasteiger partial charge is 0.275 e. The van der Waals surface area contributed by atoms with Gasteiger partial charge in [-0.2, -0.15) is 15.5 Å². The van der Waals surface area contributed by atoms with Crippen molar-refractivity contribution in [2.75, 3.05) is 70.4 Å². The molecule has 0 spiro atoms. The molecule has 1 atom stereocenters. The molecule has 4 aliphatic rings. The van der Waals surface area contributed by atoms with Crippen molar-refractivity contribution in [1.29, 1.82) is 5.26 Å². The Kier molecular flexibility index (Phi) is 12.6. The van der Waals surface area contributed by atoms with Gasteiger partial charge in [-0.3, -0.25) is 39.1 Å². The molecular weight excluding hydrogens is 865 g/mol. The highest BCUT2D eigenvalue weighted by Crippen LogP contribution is 2.27. The molecule has 10 rings (SSSR count). The molecule has 6 aromatic rings. The van der Waals surface area contributed by atoms with Gasteiger partial charge in [0.2, 0.25) is 11.8 Å². The molecule has 0 bridgehead atoms. The van der Waals surface area contributed by atoms with Crippen LogP contribution in [0.15, 0.2) is 107 Å². The molecule has 1 unspecified atom stereocenters. The second-order valence-corrected chi connectivity index (χ2v) is 18.0. The second kappa shape index (κ2) is 19.3. The number of piperazine rings is 1. The van der Waals surface area contributed by atoms with E-state index in [1.165, 1.54) is 15.4 Å². The van der Waals surface area contributed by atoms with Gasteiger partial charge in [-0.05, 0) is 86.3 Å². The maximum absolute atomic E-state index is 13.3. The van der Waals surface area contributed by atoms with E-state index in [0.717, 1.165) is 87.6 Å². The van der Waals surface area contributed by atoms with Crippen molar-refractivity contribution >= 4 is 34.2 Å². The van der Waals surface area contributed by atoms with Gasteiger partial charge < -0.3 is 14.5 Å². The summed E-state index contributed by atoms with van der Waals surface area (Å²) in [7, 11) is 0. The molecule has 0 radical (unpaired) electrons. The predicted molar refractivity (Wildman–Crippen MR) is 251 cm³/mol. The van der Waals surface area contributed by atoms with Crippen LogP contribution in [0.3, 0.4) is 0 Å². The van der Waals surface area contributed by atoms with E-state index in [4.69, 9.17) is 4.74 Å². The Labute approximate surface area is 391 Å². The average molecular weight is 915 g/mol. The van der Waals surface area contributed by atoms with Crippen LogP contribution in [0.25, 0.3) is 33.4 Å². The van der Waals surface area contributed by atoms with Gasteiger partial charge in [0.1, 0.15) is 6.04 Å². The van der Waals surface area contributed by atoms with E-state index < -0.39 is 11.9 Å². The zero-order valence-electron chi connectivity index (χ0n) is 37.4. The maximum atomic E-state index is 13.3. The van der Waals surface area contributed by atoms with Crippen molar-refractivity contribution in [3.63, 3.8) is 0 Å². The third-order valence-corrected chi connectivity index (χ3v) is 13.6. The number of benzene rings is 3. The lowest BCUT2D eigenvalue weighted by Crippen LogP contribution is -2.65. The van der Waals surface area contributed by atoms with E-state index in [0.29, 0.717) is 58.7 Å². The standard InChI is InChI=1S/C50H50N12O6/c51-24-34-3-1-5-36(21-34)43-9-12-46(64)61(56-43)28-35-4-2-6-37(22-35)48-52-26-41(27-53-48)68-32-33-13-15-57(16-14-33)31-47(65)60-29-40(30-60)59-19-17-58(18-20-59)39-7-8-42-38(23-39)25-54-62(50(42)67)44-10-11-45(63)55-49(44)66/h1-9,12,21-23,25-27,33,40,44H,10-11,13-20,28-32H2,(H,55,63,66). The molecule has 18 nitrogen and oxygen atoms in total. The lowest BCUT2D eigenvalue weighted by atomic mass is 9.97. The Balaban J connectivity index is 0.638. The van der Waals surface area contributed by atoms with Gasteiger partial charge in [-0.1, -0.05) is 30.3 Å². The molecule has 3 aromatic carbocycles. The van der Waals surface area contributed by atoms with E-state index >= 15 is 0 Å². The van der Waals surface area contributed by atoms with Crippen molar-refractivity contribution in [3.8, 4) is 34.5 Å². The number of nitrogens with zero attached hydrogens (tertiary/aromatic N) is 11. The Morgan fingerprint density at radius 3 is 2.38 bits per heavy atom. The van der Waals surface area contributed by atoms with Crippen LogP contribution in [0.1, 0.15) is 42.9 Å². The molecule has 18 heteroatoms. The molecule has 4 saturated heterocycles. The quantitative estimate of drug-likeness (QED) is 0.175. The molecule has 4 aliphatic heterocycles. The molecule has 68 heavy (non-hydrogen) atoms. The zero-order valence-corrected chi connectivity index (χ0v) is 37.4. The number of nitriles is 1.